The Morgan fingerprint density at radius 3 is 2.48 bits per heavy atom. The molecule has 10 heteroatoms. The molecule has 3 aliphatic heterocycles. The van der Waals surface area contributed by atoms with Crippen LogP contribution in [0.15, 0.2) is 52.6 Å². The van der Waals surface area contributed by atoms with E-state index in [1.807, 2.05) is 69.8 Å². The van der Waals surface area contributed by atoms with Crippen molar-refractivity contribution in [2.45, 2.75) is 63.5 Å². The first-order valence-corrected chi connectivity index (χ1v) is 15.2. The number of hydrazone groups is 1. The number of amides is 1. The van der Waals surface area contributed by atoms with Crippen molar-refractivity contribution in [3.05, 3.63) is 53.7 Å². The van der Waals surface area contributed by atoms with E-state index in [1.165, 1.54) is 4.31 Å². The summed E-state index contributed by atoms with van der Waals surface area (Å²) in [4.78, 5) is 14.1. The maximum Gasteiger partial charge on any atom is 0.254 e. The zero-order chi connectivity index (χ0) is 28.6. The van der Waals surface area contributed by atoms with E-state index in [4.69, 9.17) is 14.6 Å². The van der Waals surface area contributed by atoms with Gasteiger partial charge in [0.2, 0.25) is 10.0 Å². The fourth-order valence-corrected chi connectivity index (χ4v) is 7.95. The van der Waals surface area contributed by atoms with E-state index in [-0.39, 0.29) is 17.6 Å². The van der Waals surface area contributed by atoms with Gasteiger partial charge in [0.25, 0.3) is 5.91 Å². The predicted octanol–water partition coefficient (Wildman–Crippen LogP) is 4.33. The monoisotopic (exact) mass is 564 g/mol. The van der Waals surface area contributed by atoms with E-state index in [2.05, 4.69) is 0 Å². The molecule has 1 amide bonds. The number of sulfonamides is 1. The molecule has 3 aliphatic rings. The first-order valence-electron chi connectivity index (χ1n) is 13.7. The van der Waals surface area contributed by atoms with E-state index in [0.717, 1.165) is 22.0 Å². The van der Waals surface area contributed by atoms with Crippen LogP contribution in [0.25, 0.3) is 10.9 Å². The third-order valence-corrected chi connectivity index (χ3v) is 10.5. The smallest absolute Gasteiger partial charge is 0.254 e. The Labute approximate surface area is 235 Å². The first kappa shape index (κ1) is 26.8. The molecule has 9 nitrogen and oxygen atoms in total. The Hall–Kier alpha value is -3.37. The molecule has 40 heavy (non-hydrogen) atoms. The van der Waals surface area contributed by atoms with Gasteiger partial charge in [-0.05, 0) is 70.9 Å². The molecule has 0 N–H and O–H groups in total. The van der Waals surface area contributed by atoms with E-state index in [1.54, 1.807) is 24.3 Å². The molecule has 0 radical (unpaired) electrons. The van der Waals surface area contributed by atoms with Crippen LogP contribution in [0, 0.1) is 5.41 Å². The number of hydrogen-bond acceptors (Lipinski definition) is 6. The minimum Gasteiger partial charge on any atom is -0.493 e. The van der Waals surface area contributed by atoms with Crippen LogP contribution < -0.4 is 9.47 Å². The molecule has 0 spiro atoms. The van der Waals surface area contributed by atoms with Gasteiger partial charge in [-0.15, -0.1) is 0 Å². The SMILES string of the molecule is COc1ccc(C2=NN(C3CCN(S(=O)(=O)c4cccc5c4ccn5C)CC3)C(=O)C2(C)C)c2c1OC(C)(C)C2. The number of hydrogen-bond donors (Lipinski definition) is 0. The molecule has 3 aromatic rings. The van der Waals surface area contributed by atoms with Crippen LogP contribution in [-0.2, 0) is 28.3 Å². The second kappa shape index (κ2) is 9.07. The van der Waals surface area contributed by atoms with Crippen molar-refractivity contribution in [3.8, 4) is 11.5 Å². The van der Waals surface area contributed by atoms with Crippen LogP contribution in [0.5, 0.6) is 11.5 Å². The number of carbonyl (C=O) groups is 1. The average molecular weight is 565 g/mol. The van der Waals surface area contributed by atoms with Crippen LogP contribution in [0.1, 0.15) is 51.7 Å². The topological polar surface area (TPSA) is 93.4 Å². The van der Waals surface area contributed by atoms with Gasteiger partial charge in [-0.25, -0.2) is 13.4 Å². The third-order valence-electron chi connectivity index (χ3n) is 8.50. The molecule has 1 fully saturated rings. The molecule has 2 aromatic carbocycles. The minimum atomic E-state index is -3.68. The Morgan fingerprint density at radius 2 is 1.77 bits per heavy atom. The number of nitrogens with zero attached hydrogens (tertiary/aromatic N) is 4. The molecular formula is C30H36N4O5S. The molecule has 0 atom stereocenters. The van der Waals surface area contributed by atoms with Gasteiger partial charge in [0, 0.05) is 54.8 Å². The maximum atomic E-state index is 13.7. The predicted molar refractivity (Wildman–Crippen MR) is 153 cm³/mol. The molecule has 0 bridgehead atoms. The summed E-state index contributed by atoms with van der Waals surface area (Å²) >= 11 is 0. The minimum absolute atomic E-state index is 0.0689. The Bertz CT molecular complexity index is 1660. The quantitative estimate of drug-likeness (QED) is 0.460. The van der Waals surface area contributed by atoms with Crippen molar-refractivity contribution in [1.29, 1.82) is 0 Å². The van der Waals surface area contributed by atoms with Gasteiger partial charge in [0.05, 0.1) is 29.2 Å². The molecule has 0 saturated carbocycles. The zero-order valence-electron chi connectivity index (χ0n) is 23.9. The fraction of sp³-hybridized carbons (Fsp3) is 0.467. The van der Waals surface area contributed by atoms with Gasteiger partial charge < -0.3 is 14.0 Å². The van der Waals surface area contributed by atoms with Gasteiger partial charge in [0.15, 0.2) is 11.5 Å². The second-order valence-corrected chi connectivity index (χ2v) is 14.0. The molecule has 1 saturated heterocycles. The number of piperidine rings is 1. The summed E-state index contributed by atoms with van der Waals surface area (Å²) in [5.74, 6) is 1.31. The van der Waals surface area contributed by atoms with Crippen molar-refractivity contribution in [3.63, 3.8) is 0 Å². The largest absolute Gasteiger partial charge is 0.493 e. The number of methoxy groups -OCH3 is 1. The highest BCUT2D eigenvalue weighted by atomic mass is 32.2. The lowest BCUT2D eigenvalue weighted by Gasteiger charge is -2.35. The summed E-state index contributed by atoms with van der Waals surface area (Å²) < 4.78 is 42.5. The van der Waals surface area contributed by atoms with E-state index in [0.29, 0.717) is 54.5 Å². The Kier molecular flexibility index (Phi) is 6.09. The van der Waals surface area contributed by atoms with Crippen molar-refractivity contribution in [2.75, 3.05) is 20.2 Å². The molecule has 212 valence electrons. The molecule has 0 aliphatic carbocycles. The molecule has 0 unspecified atom stereocenters. The van der Waals surface area contributed by atoms with Crippen molar-refractivity contribution < 1.29 is 22.7 Å². The van der Waals surface area contributed by atoms with E-state index in [9.17, 15) is 13.2 Å². The van der Waals surface area contributed by atoms with Crippen molar-refractivity contribution in [1.82, 2.24) is 13.9 Å². The van der Waals surface area contributed by atoms with Crippen LogP contribution in [0.4, 0.5) is 0 Å². The normalized spacial score (nSPS) is 21.0. The van der Waals surface area contributed by atoms with Gasteiger partial charge in [0.1, 0.15) is 5.60 Å². The highest BCUT2D eigenvalue weighted by Gasteiger charge is 2.49. The lowest BCUT2D eigenvalue weighted by molar-refractivity contribution is -0.137. The van der Waals surface area contributed by atoms with Crippen LogP contribution in [0.2, 0.25) is 0 Å². The lowest BCUT2D eigenvalue weighted by Crippen LogP contribution is -2.47. The standard InChI is InChI=1S/C30H36N4O5S/c1-29(2)18-22-20(10-11-24(38-6)26(22)39-29)27-30(3,4)28(35)34(31-27)19-12-16-33(17-13-19)40(36,37)25-9-7-8-23-21(25)14-15-32(23)5/h7-11,14-15,19H,12-13,16-18H2,1-6H3. The number of carbonyl (C=O) groups excluding carboxylic acids is 1. The maximum absolute atomic E-state index is 13.7. The highest BCUT2D eigenvalue weighted by Crippen LogP contribution is 2.46. The lowest BCUT2D eigenvalue weighted by atomic mass is 9.80. The van der Waals surface area contributed by atoms with E-state index < -0.39 is 15.4 Å². The summed E-state index contributed by atoms with van der Waals surface area (Å²) in [6.45, 7) is 8.54. The summed E-state index contributed by atoms with van der Waals surface area (Å²) in [7, 11) is -0.153. The Morgan fingerprint density at radius 1 is 1.05 bits per heavy atom. The summed E-state index contributed by atoms with van der Waals surface area (Å²) in [6.07, 6.45) is 3.58. The average Bonchev–Trinajstić information content (AvgIpc) is 3.54. The Balaban J connectivity index is 1.26. The fourth-order valence-electron chi connectivity index (χ4n) is 6.28. The highest BCUT2D eigenvalue weighted by molar-refractivity contribution is 7.89. The summed E-state index contributed by atoms with van der Waals surface area (Å²) in [5, 5.41) is 7.24. The van der Waals surface area contributed by atoms with Crippen LogP contribution in [-0.4, -0.2) is 65.8 Å². The van der Waals surface area contributed by atoms with Crippen molar-refractivity contribution in [2.24, 2.45) is 17.6 Å². The third kappa shape index (κ3) is 4.03. The summed E-state index contributed by atoms with van der Waals surface area (Å²) in [6, 6.07) is 10.9. The number of fused-ring (bicyclic) bond motifs is 2. The van der Waals surface area contributed by atoms with Gasteiger partial charge in [-0.3, -0.25) is 4.79 Å². The van der Waals surface area contributed by atoms with Gasteiger partial charge in [-0.2, -0.15) is 9.41 Å². The number of aryl methyl sites for hydroxylation is 1. The molecule has 6 rings (SSSR count). The van der Waals surface area contributed by atoms with Crippen LogP contribution >= 0.6 is 0 Å². The molecule has 1 aromatic heterocycles. The molecule has 4 heterocycles. The number of ether oxygens (including phenoxy) is 2. The second-order valence-electron chi connectivity index (χ2n) is 12.1. The number of aromatic nitrogens is 1. The number of rotatable bonds is 5. The summed E-state index contributed by atoms with van der Waals surface area (Å²) in [5.41, 5.74) is 2.27. The zero-order valence-corrected chi connectivity index (χ0v) is 24.7. The molecular weight excluding hydrogens is 528 g/mol. The van der Waals surface area contributed by atoms with Crippen LogP contribution in [0.3, 0.4) is 0 Å². The first-order chi connectivity index (χ1) is 18.8. The number of benzene rings is 2. The van der Waals surface area contributed by atoms with Gasteiger partial charge >= 0.3 is 0 Å². The van der Waals surface area contributed by atoms with Crippen molar-refractivity contribution >= 4 is 32.5 Å². The van der Waals surface area contributed by atoms with E-state index >= 15 is 0 Å². The van der Waals surface area contributed by atoms with Gasteiger partial charge in [-0.1, -0.05) is 6.07 Å².